The molecule has 2 aromatic carbocycles. The second kappa shape index (κ2) is 7.38. The van der Waals surface area contributed by atoms with Crippen molar-refractivity contribution in [2.45, 2.75) is 19.4 Å². The van der Waals surface area contributed by atoms with E-state index in [1.54, 1.807) is 54.6 Å². The molecule has 0 bridgehead atoms. The van der Waals surface area contributed by atoms with Gasteiger partial charge in [0, 0.05) is 5.56 Å². The standard InChI is InChI=1S/C17H18N2O3/c1-2-14(13-10-6-7-11-15(13)20)18-19-17(22)16(21)12-8-4-3-5-9-12/h3-11,16,20-21H,2H2,1H3,(H,19,22)/b18-14+. The molecule has 0 fully saturated rings. The largest absolute Gasteiger partial charge is 0.507 e. The number of aromatic hydroxyl groups is 1. The van der Waals surface area contributed by atoms with Crippen molar-refractivity contribution in [2.24, 2.45) is 5.10 Å². The van der Waals surface area contributed by atoms with Gasteiger partial charge in [0.25, 0.3) is 5.91 Å². The number of nitrogens with one attached hydrogen (secondary N) is 1. The summed E-state index contributed by atoms with van der Waals surface area (Å²) in [5.41, 5.74) is 3.93. The third-order valence-corrected chi connectivity index (χ3v) is 3.21. The minimum Gasteiger partial charge on any atom is -0.507 e. The average Bonchev–Trinajstić information content (AvgIpc) is 2.56. The summed E-state index contributed by atoms with van der Waals surface area (Å²) < 4.78 is 0. The normalized spacial score (nSPS) is 12.7. The highest BCUT2D eigenvalue weighted by Gasteiger charge is 2.17. The molecule has 5 heteroatoms. The van der Waals surface area contributed by atoms with Gasteiger partial charge in [-0.1, -0.05) is 49.4 Å². The molecule has 0 radical (unpaired) electrons. The summed E-state index contributed by atoms with van der Waals surface area (Å²) in [6.07, 6.45) is -0.758. The van der Waals surface area contributed by atoms with Crippen LogP contribution in [0, 0.1) is 0 Å². The number of rotatable bonds is 5. The third kappa shape index (κ3) is 3.71. The number of hydrazone groups is 1. The van der Waals surface area contributed by atoms with Crippen molar-refractivity contribution in [1.29, 1.82) is 0 Å². The molecule has 1 atom stereocenters. The number of phenols is 1. The van der Waals surface area contributed by atoms with E-state index in [9.17, 15) is 15.0 Å². The van der Waals surface area contributed by atoms with Crippen LogP contribution in [0.4, 0.5) is 0 Å². The van der Waals surface area contributed by atoms with Crippen LogP contribution in [0.3, 0.4) is 0 Å². The van der Waals surface area contributed by atoms with Crippen LogP contribution in [0.15, 0.2) is 59.7 Å². The molecular weight excluding hydrogens is 280 g/mol. The number of hydrogen-bond donors (Lipinski definition) is 3. The van der Waals surface area contributed by atoms with Gasteiger partial charge in [0.1, 0.15) is 5.75 Å². The predicted molar refractivity (Wildman–Crippen MR) is 84.5 cm³/mol. The average molecular weight is 298 g/mol. The van der Waals surface area contributed by atoms with Crippen molar-refractivity contribution in [3.05, 3.63) is 65.7 Å². The van der Waals surface area contributed by atoms with Crippen LogP contribution in [0.5, 0.6) is 5.75 Å². The number of carbonyl (C=O) groups excluding carboxylic acids is 1. The Morgan fingerprint density at radius 1 is 1.14 bits per heavy atom. The summed E-state index contributed by atoms with van der Waals surface area (Å²) in [4.78, 5) is 11.9. The van der Waals surface area contributed by atoms with E-state index in [0.717, 1.165) is 0 Å². The van der Waals surface area contributed by atoms with Crippen LogP contribution < -0.4 is 5.43 Å². The number of benzene rings is 2. The van der Waals surface area contributed by atoms with Crippen LogP contribution in [-0.4, -0.2) is 21.8 Å². The number of aliphatic hydroxyl groups excluding tert-OH is 1. The zero-order valence-electron chi connectivity index (χ0n) is 12.2. The molecule has 114 valence electrons. The van der Waals surface area contributed by atoms with Gasteiger partial charge >= 0.3 is 0 Å². The van der Waals surface area contributed by atoms with E-state index in [2.05, 4.69) is 10.5 Å². The van der Waals surface area contributed by atoms with E-state index in [1.165, 1.54) is 0 Å². The maximum Gasteiger partial charge on any atom is 0.273 e. The maximum atomic E-state index is 11.9. The molecule has 0 aliphatic heterocycles. The van der Waals surface area contributed by atoms with Crippen molar-refractivity contribution in [3.8, 4) is 5.75 Å². The zero-order chi connectivity index (χ0) is 15.9. The lowest BCUT2D eigenvalue weighted by Crippen LogP contribution is -2.26. The molecule has 0 aliphatic rings. The first-order chi connectivity index (χ1) is 10.6. The predicted octanol–water partition coefficient (Wildman–Crippen LogP) is 2.36. The monoisotopic (exact) mass is 298 g/mol. The highest BCUT2D eigenvalue weighted by molar-refractivity contribution is 6.03. The first-order valence-corrected chi connectivity index (χ1v) is 7.01. The Hall–Kier alpha value is -2.66. The van der Waals surface area contributed by atoms with E-state index in [4.69, 9.17) is 0 Å². The lowest BCUT2D eigenvalue weighted by molar-refractivity contribution is -0.129. The van der Waals surface area contributed by atoms with Gasteiger partial charge in [0.2, 0.25) is 0 Å². The summed E-state index contributed by atoms with van der Waals surface area (Å²) in [6.45, 7) is 1.87. The summed E-state index contributed by atoms with van der Waals surface area (Å²) in [5.74, 6) is -0.520. The fourth-order valence-electron chi connectivity index (χ4n) is 2.02. The number of amides is 1. The Bertz CT molecular complexity index is 669. The number of hydrogen-bond acceptors (Lipinski definition) is 4. The van der Waals surface area contributed by atoms with Crippen LogP contribution in [0.25, 0.3) is 0 Å². The van der Waals surface area contributed by atoms with Crippen molar-refractivity contribution < 1.29 is 15.0 Å². The molecule has 0 heterocycles. The quantitative estimate of drug-likeness (QED) is 0.585. The summed E-state index contributed by atoms with van der Waals surface area (Å²) in [6, 6.07) is 15.4. The van der Waals surface area contributed by atoms with E-state index in [-0.39, 0.29) is 5.75 Å². The summed E-state index contributed by atoms with van der Waals surface area (Å²) in [5, 5.41) is 23.8. The molecule has 22 heavy (non-hydrogen) atoms. The van der Waals surface area contributed by atoms with Crippen molar-refractivity contribution >= 4 is 11.6 Å². The molecule has 1 unspecified atom stereocenters. The number of nitrogens with zero attached hydrogens (tertiary/aromatic N) is 1. The SMILES string of the molecule is CC/C(=N\NC(=O)C(O)c1ccccc1)c1ccccc1O. The van der Waals surface area contributed by atoms with E-state index in [0.29, 0.717) is 23.3 Å². The van der Waals surface area contributed by atoms with Gasteiger partial charge in [-0.3, -0.25) is 4.79 Å². The number of carbonyl (C=O) groups is 1. The van der Waals surface area contributed by atoms with Crippen LogP contribution in [-0.2, 0) is 4.79 Å². The number of para-hydroxylation sites is 1. The van der Waals surface area contributed by atoms with E-state index in [1.807, 2.05) is 6.92 Å². The molecule has 2 rings (SSSR count). The van der Waals surface area contributed by atoms with Gasteiger partial charge in [-0.2, -0.15) is 5.10 Å². The van der Waals surface area contributed by atoms with Gasteiger partial charge < -0.3 is 10.2 Å². The Labute approximate surface area is 128 Å². The van der Waals surface area contributed by atoms with Gasteiger partial charge in [0.05, 0.1) is 5.71 Å². The topological polar surface area (TPSA) is 81.9 Å². The molecule has 1 amide bonds. The van der Waals surface area contributed by atoms with Crippen molar-refractivity contribution in [2.75, 3.05) is 0 Å². The maximum absolute atomic E-state index is 11.9. The third-order valence-electron chi connectivity index (χ3n) is 3.21. The lowest BCUT2D eigenvalue weighted by atomic mass is 10.1. The van der Waals surface area contributed by atoms with Crippen LogP contribution in [0.2, 0.25) is 0 Å². The van der Waals surface area contributed by atoms with E-state index >= 15 is 0 Å². The summed E-state index contributed by atoms with van der Waals surface area (Å²) >= 11 is 0. The minimum absolute atomic E-state index is 0.0981. The highest BCUT2D eigenvalue weighted by atomic mass is 16.3. The first-order valence-electron chi connectivity index (χ1n) is 7.01. The molecule has 5 nitrogen and oxygen atoms in total. The number of aliphatic hydroxyl groups is 1. The second-order valence-electron chi connectivity index (χ2n) is 4.72. The van der Waals surface area contributed by atoms with Crippen molar-refractivity contribution in [1.82, 2.24) is 5.43 Å². The highest BCUT2D eigenvalue weighted by Crippen LogP contribution is 2.18. The van der Waals surface area contributed by atoms with Crippen LogP contribution in [0.1, 0.15) is 30.6 Å². The van der Waals surface area contributed by atoms with Gasteiger partial charge in [0.15, 0.2) is 6.10 Å². The minimum atomic E-state index is -1.28. The Morgan fingerprint density at radius 2 is 1.77 bits per heavy atom. The number of phenolic OH excluding ortho intramolecular Hbond substituents is 1. The fourth-order valence-corrected chi connectivity index (χ4v) is 2.02. The molecule has 0 aliphatic carbocycles. The smallest absolute Gasteiger partial charge is 0.273 e. The lowest BCUT2D eigenvalue weighted by Gasteiger charge is -2.10. The molecule has 0 aromatic heterocycles. The molecular formula is C17H18N2O3. The molecule has 3 N–H and O–H groups in total. The summed E-state index contributed by atoms with van der Waals surface area (Å²) in [7, 11) is 0. The van der Waals surface area contributed by atoms with Gasteiger partial charge in [-0.05, 0) is 24.1 Å². The van der Waals surface area contributed by atoms with E-state index < -0.39 is 12.0 Å². The molecule has 0 saturated carbocycles. The molecule has 0 saturated heterocycles. The second-order valence-corrected chi connectivity index (χ2v) is 4.72. The Kier molecular flexibility index (Phi) is 5.27. The molecule has 2 aromatic rings. The van der Waals surface area contributed by atoms with Gasteiger partial charge in [-0.25, -0.2) is 5.43 Å². The zero-order valence-corrected chi connectivity index (χ0v) is 12.2. The van der Waals surface area contributed by atoms with Crippen molar-refractivity contribution in [3.63, 3.8) is 0 Å². The Balaban J connectivity index is 2.12. The first kappa shape index (κ1) is 15.7. The Morgan fingerprint density at radius 3 is 2.41 bits per heavy atom. The van der Waals surface area contributed by atoms with Crippen LogP contribution >= 0.6 is 0 Å². The molecule has 0 spiro atoms. The fraction of sp³-hybridized carbons (Fsp3) is 0.176. The van der Waals surface area contributed by atoms with Gasteiger partial charge in [-0.15, -0.1) is 0 Å².